The van der Waals surface area contributed by atoms with E-state index in [1.54, 1.807) is 24.3 Å². The summed E-state index contributed by atoms with van der Waals surface area (Å²) in [5.41, 5.74) is 2.27. The molecular formula is C27H42O2. The maximum Gasteiger partial charge on any atom is 0.115 e. The summed E-state index contributed by atoms with van der Waals surface area (Å²) in [5, 5.41) is 18.3. The van der Waals surface area contributed by atoms with Crippen molar-refractivity contribution in [2.45, 2.75) is 61.8 Å². The minimum absolute atomic E-state index is 0.282. The van der Waals surface area contributed by atoms with E-state index >= 15 is 0 Å². The zero-order valence-corrected chi connectivity index (χ0v) is 19.7. The van der Waals surface area contributed by atoms with Crippen LogP contribution in [0, 0.1) is 0 Å². The normalized spacial score (nSPS) is 7.72. The zero-order chi connectivity index (χ0) is 22.9. The average Bonchev–Trinajstić information content (AvgIpc) is 2.84. The van der Waals surface area contributed by atoms with Crippen molar-refractivity contribution >= 4 is 0 Å². The number of hydrogen-bond donors (Lipinski definition) is 2. The Labute approximate surface area is 179 Å². The molecule has 3 rings (SSSR count). The number of phenolic OH excluding ortho intramolecular Hbond substituents is 2. The molecule has 0 bridgehead atoms. The summed E-state index contributed by atoms with van der Waals surface area (Å²) in [6.07, 6.45) is 0.806. The van der Waals surface area contributed by atoms with Crippen molar-refractivity contribution in [2.75, 3.05) is 0 Å². The zero-order valence-electron chi connectivity index (χ0n) is 19.7. The van der Waals surface area contributed by atoms with Crippen LogP contribution in [0.25, 0.3) is 0 Å². The molecule has 0 fully saturated rings. The molecule has 0 aliphatic rings. The molecule has 2 heteroatoms. The molecule has 162 valence electrons. The molecule has 0 spiro atoms. The highest BCUT2D eigenvalue weighted by Gasteiger charge is 1.96. The Hall–Kier alpha value is -2.74. The van der Waals surface area contributed by atoms with Gasteiger partial charge in [0.2, 0.25) is 0 Å². The van der Waals surface area contributed by atoms with Crippen molar-refractivity contribution in [3.05, 3.63) is 96.1 Å². The minimum Gasteiger partial charge on any atom is -0.508 e. The van der Waals surface area contributed by atoms with Gasteiger partial charge in [0.1, 0.15) is 11.5 Å². The molecule has 3 aromatic carbocycles. The third-order valence-electron chi connectivity index (χ3n) is 2.95. The average molecular weight is 399 g/mol. The van der Waals surface area contributed by atoms with Gasteiger partial charge in [0.15, 0.2) is 0 Å². The summed E-state index contributed by atoms with van der Waals surface area (Å²) < 4.78 is 0. The molecule has 0 saturated carbocycles. The van der Waals surface area contributed by atoms with Crippen molar-refractivity contribution < 1.29 is 10.2 Å². The van der Waals surface area contributed by atoms with Gasteiger partial charge in [-0.3, -0.25) is 0 Å². The van der Waals surface area contributed by atoms with Crippen molar-refractivity contribution in [1.82, 2.24) is 0 Å². The van der Waals surface area contributed by atoms with E-state index < -0.39 is 0 Å². The van der Waals surface area contributed by atoms with Gasteiger partial charge < -0.3 is 10.2 Å². The second-order valence-electron chi connectivity index (χ2n) is 4.66. The Kier molecular flexibility index (Phi) is 27.0. The molecule has 29 heavy (non-hydrogen) atoms. The molecule has 0 aliphatic carbocycles. The summed E-state index contributed by atoms with van der Waals surface area (Å²) in [6.45, 7) is 16.0. The summed E-state index contributed by atoms with van der Waals surface area (Å²) in [6, 6.07) is 26.3. The fourth-order valence-electron chi connectivity index (χ4n) is 1.85. The second-order valence-corrected chi connectivity index (χ2v) is 4.66. The van der Waals surface area contributed by atoms with Crippen LogP contribution in [-0.4, -0.2) is 10.2 Å². The van der Waals surface area contributed by atoms with Gasteiger partial charge in [-0.25, -0.2) is 0 Å². The lowest BCUT2D eigenvalue weighted by molar-refractivity contribution is 0.475. The highest BCUT2D eigenvalue weighted by Crippen LogP contribution is 2.16. The van der Waals surface area contributed by atoms with Crippen LogP contribution >= 0.6 is 0 Å². The first-order valence-electron chi connectivity index (χ1n) is 10.8. The van der Waals surface area contributed by atoms with E-state index in [1.807, 2.05) is 116 Å². The molecule has 2 nitrogen and oxygen atoms in total. The molecule has 2 N–H and O–H groups in total. The van der Waals surface area contributed by atoms with E-state index in [0.29, 0.717) is 0 Å². The Balaban J connectivity index is -0.000000403. The van der Waals surface area contributed by atoms with Gasteiger partial charge in [0.25, 0.3) is 0 Å². The van der Waals surface area contributed by atoms with E-state index in [9.17, 15) is 0 Å². The maximum absolute atomic E-state index is 9.13. The Morgan fingerprint density at radius 2 is 0.621 bits per heavy atom. The third kappa shape index (κ3) is 18.4. The first kappa shape index (κ1) is 31.0. The molecule has 0 amide bonds. The fraction of sp³-hybridized carbons (Fsp3) is 0.333. The maximum atomic E-state index is 9.13. The molecule has 0 heterocycles. The summed E-state index contributed by atoms with van der Waals surface area (Å²) in [4.78, 5) is 0. The molecule has 0 unspecified atom stereocenters. The van der Waals surface area contributed by atoms with E-state index in [-0.39, 0.29) is 11.5 Å². The van der Waals surface area contributed by atoms with E-state index in [0.717, 1.165) is 17.5 Å². The van der Waals surface area contributed by atoms with Crippen LogP contribution in [0.4, 0.5) is 0 Å². The number of rotatable bonds is 2. The van der Waals surface area contributed by atoms with Gasteiger partial charge in [0, 0.05) is 0 Å². The van der Waals surface area contributed by atoms with Crippen LogP contribution < -0.4 is 0 Å². The Morgan fingerprint density at radius 3 is 0.828 bits per heavy atom. The van der Waals surface area contributed by atoms with Crippen molar-refractivity contribution in [3.63, 3.8) is 0 Å². The van der Waals surface area contributed by atoms with Crippen molar-refractivity contribution in [2.24, 2.45) is 0 Å². The number of phenols is 2. The lowest BCUT2D eigenvalue weighted by Crippen LogP contribution is -1.86. The molecule has 0 aliphatic heterocycles. The van der Waals surface area contributed by atoms with E-state index in [4.69, 9.17) is 10.2 Å². The summed E-state index contributed by atoms with van der Waals surface area (Å²) >= 11 is 0. The van der Waals surface area contributed by atoms with Crippen LogP contribution in [0.2, 0.25) is 0 Å². The predicted octanol–water partition coefficient (Wildman–Crippen LogP) is 8.48. The van der Waals surface area contributed by atoms with Crippen LogP contribution in [0.1, 0.15) is 66.5 Å². The summed E-state index contributed by atoms with van der Waals surface area (Å²) in [7, 11) is 0. The quantitative estimate of drug-likeness (QED) is 0.454. The highest BCUT2D eigenvalue weighted by atomic mass is 16.3. The summed E-state index contributed by atoms with van der Waals surface area (Å²) in [5.74, 6) is 0.564. The molecule has 0 atom stereocenters. The van der Waals surface area contributed by atoms with Crippen LogP contribution in [0.3, 0.4) is 0 Å². The fourth-order valence-corrected chi connectivity index (χ4v) is 1.85. The highest BCUT2D eigenvalue weighted by molar-refractivity contribution is 5.33. The first-order chi connectivity index (χ1) is 14.2. The Bertz CT molecular complexity index is 559. The lowest BCUT2D eigenvalue weighted by atomic mass is 10.1. The molecule has 0 radical (unpaired) electrons. The molecule has 3 aromatic rings. The van der Waals surface area contributed by atoms with E-state index in [2.05, 4.69) is 0 Å². The van der Waals surface area contributed by atoms with E-state index in [1.165, 1.54) is 0 Å². The van der Waals surface area contributed by atoms with Gasteiger partial charge >= 0.3 is 0 Å². The third-order valence-corrected chi connectivity index (χ3v) is 2.95. The van der Waals surface area contributed by atoms with Crippen LogP contribution in [-0.2, 0) is 6.42 Å². The predicted molar refractivity (Wildman–Crippen MR) is 131 cm³/mol. The Morgan fingerprint density at radius 1 is 0.414 bits per heavy atom. The van der Waals surface area contributed by atoms with Gasteiger partial charge in [0.05, 0.1) is 0 Å². The number of aromatic hydroxyl groups is 2. The number of benzene rings is 3. The molecule has 0 saturated heterocycles. The van der Waals surface area contributed by atoms with Crippen LogP contribution in [0.5, 0.6) is 11.5 Å². The smallest absolute Gasteiger partial charge is 0.115 e. The van der Waals surface area contributed by atoms with Gasteiger partial charge in [-0.15, -0.1) is 0 Å². The first-order valence-corrected chi connectivity index (χ1v) is 10.8. The molecule has 0 aromatic heterocycles. The van der Waals surface area contributed by atoms with Gasteiger partial charge in [-0.2, -0.15) is 0 Å². The molecular weight excluding hydrogens is 356 g/mol. The van der Waals surface area contributed by atoms with Gasteiger partial charge in [-0.1, -0.05) is 116 Å². The topological polar surface area (TPSA) is 40.5 Å². The largest absolute Gasteiger partial charge is 0.508 e. The SMILES string of the molecule is CC.CC.CC.CC.Oc1ccc(Cc2ccc(O)cc2)cc1.c1ccccc1. The number of hydrogen-bond acceptors (Lipinski definition) is 2. The lowest BCUT2D eigenvalue weighted by Gasteiger charge is -2.02. The minimum atomic E-state index is 0.282. The standard InChI is InChI=1S/C13H12O2.C6H6.4C2H6/c14-12-5-1-10(2-6-12)9-11-3-7-13(15)8-4-11;1-2-4-6-5-3-1;4*1-2/h1-8,14-15H,9H2;1-6H;4*1-2H3. The van der Waals surface area contributed by atoms with Crippen LogP contribution in [0.15, 0.2) is 84.9 Å². The van der Waals surface area contributed by atoms with Crippen molar-refractivity contribution in [3.8, 4) is 11.5 Å². The van der Waals surface area contributed by atoms with Crippen molar-refractivity contribution in [1.29, 1.82) is 0 Å². The second kappa shape index (κ2) is 25.3. The monoisotopic (exact) mass is 398 g/mol. The van der Waals surface area contributed by atoms with Gasteiger partial charge in [-0.05, 0) is 41.8 Å².